The van der Waals surface area contributed by atoms with Gasteiger partial charge in [0.05, 0.1) is 12.4 Å². The van der Waals surface area contributed by atoms with E-state index >= 15 is 0 Å². The predicted molar refractivity (Wildman–Crippen MR) is 83.6 cm³/mol. The summed E-state index contributed by atoms with van der Waals surface area (Å²) in [6.07, 6.45) is 3.64. The van der Waals surface area contributed by atoms with Crippen molar-refractivity contribution in [2.24, 2.45) is 11.3 Å². The van der Waals surface area contributed by atoms with Crippen LogP contribution in [-0.2, 0) is 9.84 Å². The largest absolute Gasteiger partial charge is 0.394 e. The van der Waals surface area contributed by atoms with Gasteiger partial charge in [0.15, 0.2) is 9.84 Å². The Hall–Kier alpha value is -0.130. The number of sulfone groups is 1. The molecule has 4 nitrogen and oxygen atoms in total. The Balaban J connectivity index is 2.62. The van der Waals surface area contributed by atoms with Gasteiger partial charge in [0.25, 0.3) is 0 Å². The molecule has 0 radical (unpaired) electrons. The lowest BCUT2D eigenvalue weighted by Crippen LogP contribution is -2.56. The van der Waals surface area contributed by atoms with Gasteiger partial charge >= 0.3 is 0 Å². The Morgan fingerprint density at radius 1 is 1.25 bits per heavy atom. The number of hydrogen-bond acceptors (Lipinski definition) is 4. The Labute approximate surface area is 124 Å². The number of aliphatic hydroxyl groups excluding tert-OH is 1. The van der Waals surface area contributed by atoms with Gasteiger partial charge in [-0.2, -0.15) is 0 Å². The lowest BCUT2D eigenvalue weighted by atomic mass is 9.64. The molecule has 0 saturated heterocycles. The second-order valence-corrected chi connectivity index (χ2v) is 9.68. The van der Waals surface area contributed by atoms with Crippen molar-refractivity contribution < 1.29 is 13.5 Å². The second-order valence-electron chi connectivity index (χ2n) is 7.37. The van der Waals surface area contributed by atoms with Crippen molar-refractivity contribution in [1.29, 1.82) is 0 Å². The van der Waals surface area contributed by atoms with Gasteiger partial charge < -0.3 is 10.4 Å². The third-order valence-electron chi connectivity index (χ3n) is 4.19. The quantitative estimate of drug-likeness (QED) is 0.755. The fourth-order valence-electron chi connectivity index (χ4n) is 3.94. The molecule has 1 fully saturated rings. The standard InChI is InChI=1S/C15H31NO3S/c1-5-7-20(18,19)8-6-16-15(12-17)10-13(2)9-14(3,4)11-15/h13,16-17H,5-12H2,1-4H3/t13-,15-/m1/s1. The monoisotopic (exact) mass is 305 g/mol. The molecule has 0 unspecified atom stereocenters. The van der Waals surface area contributed by atoms with E-state index in [9.17, 15) is 13.5 Å². The molecule has 0 aliphatic heterocycles. The second kappa shape index (κ2) is 6.75. The van der Waals surface area contributed by atoms with E-state index in [-0.39, 0.29) is 29.1 Å². The van der Waals surface area contributed by atoms with Crippen LogP contribution in [0.2, 0.25) is 0 Å². The summed E-state index contributed by atoms with van der Waals surface area (Å²) >= 11 is 0. The van der Waals surface area contributed by atoms with Crippen LogP contribution in [0.1, 0.15) is 53.4 Å². The highest BCUT2D eigenvalue weighted by Gasteiger charge is 2.42. The summed E-state index contributed by atoms with van der Waals surface area (Å²) in [5, 5.41) is 13.2. The highest BCUT2D eigenvalue weighted by atomic mass is 32.2. The smallest absolute Gasteiger partial charge is 0.151 e. The third kappa shape index (κ3) is 5.34. The molecule has 0 aromatic carbocycles. The van der Waals surface area contributed by atoms with Crippen LogP contribution in [0.4, 0.5) is 0 Å². The SMILES string of the molecule is CCCS(=O)(=O)CCN[C@]1(CO)C[C@H](C)CC(C)(C)C1. The van der Waals surface area contributed by atoms with Crippen LogP contribution >= 0.6 is 0 Å². The zero-order valence-corrected chi connectivity index (χ0v) is 14.2. The van der Waals surface area contributed by atoms with Gasteiger partial charge in [-0.3, -0.25) is 0 Å². The fourth-order valence-corrected chi connectivity index (χ4v) is 5.18. The average molecular weight is 305 g/mol. The zero-order chi connectivity index (χ0) is 15.4. The molecule has 20 heavy (non-hydrogen) atoms. The zero-order valence-electron chi connectivity index (χ0n) is 13.4. The molecule has 0 spiro atoms. The normalized spacial score (nSPS) is 30.4. The first kappa shape index (κ1) is 17.9. The van der Waals surface area contributed by atoms with Crippen LogP contribution in [0.5, 0.6) is 0 Å². The van der Waals surface area contributed by atoms with Crippen molar-refractivity contribution in [2.75, 3.05) is 24.7 Å². The maximum atomic E-state index is 11.8. The van der Waals surface area contributed by atoms with E-state index in [1.807, 2.05) is 6.92 Å². The molecule has 0 aromatic heterocycles. The molecule has 2 N–H and O–H groups in total. The first-order chi connectivity index (χ1) is 9.14. The summed E-state index contributed by atoms with van der Waals surface area (Å²) in [4.78, 5) is 0. The Morgan fingerprint density at radius 2 is 1.90 bits per heavy atom. The maximum absolute atomic E-state index is 11.8. The summed E-state index contributed by atoms with van der Waals surface area (Å²) in [7, 11) is -2.95. The van der Waals surface area contributed by atoms with Crippen molar-refractivity contribution in [2.45, 2.75) is 58.9 Å². The molecule has 1 aliphatic carbocycles. The average Bonchev–Trinajstić information content (AvgIpc) is 2.25. The Kier molecular flexibility index (Phi) is 6.05. The fraction of sp³-hybridized carbons (Fsp3) is 1.00. The summed E-state index contributed by atoms with van der Waals surface area (Å²) in [5.74, 6) is 0.964. The molecular weight excluding hydrogens is 274 g/mol. The lowest BCUT2D eigenvalue weighted by molar-refractivity contribution is 0.0378. The van der Waals surface area contributed by atoms with E-state index in [1.54, 1.807) is 0 Å². The van der Waals surface area contributed by atoms with Crippen molar-refractivity contribution >= 4 is 9.84 Å². The van der Waals surface area contributed by atoms with Gasteiger partial charge in [-0.15, -0.1) is 0 Å². The minimum atomic E-state index is -2.95. The van der Waals surface area contributed by atoms with E-state index < -0.39 is 9.84 Å². The molecule has 0 aromatic rings. The number of nitrogens with one attached hydrogen (secondary N) is 1. The molecule has 0 bridgehead atoms. The molecule has 1 aliphatic rings. The number of rotatable bonds is 7. The van der Waals surface area contributed by atoms with Crippen LogP contribution < -0.4 is 5.32 Å². The van der Waals surface area contributed by atoms with Crippen molar-refractivity contribution in [3.8, 4) is 0 Å². The lowest BCUT2D eigenvalue weighted by Gasteiger charge is -2.47. The molecule has 120 valence electrons. The Morgan fingerprint density at radius 3 is 2.40 bits per heavy atom. The van der Waals surface area contributed by atoms with Gasteiger partial charge in [0, 0.05) is 17.8 Å². The van der Waals surface area contributed by atoms with E-state index in [0.29, 0.717) is 18.9 Å². The van der Waals surface area contributed by atoms with Crippen LogP contribution in [0.25, 0.3) is 0 Å². The van der Waals surface area contributed by atoms with E-state index in [2.05, 4.69) is 26.1 Å². The predicted octanol–water partition coefficient (Wildman–Crippen LogP) is 1.98. The molecular formula is C15H31NO3S. The minimum Gasteiger partial charge on any atom is -0.394 e. The maximum Gasteiger partial charge on any atom is 0.151 e. The topological polar surface area (TPSA) is 66.4 Å². The van der Waals surface area contributed by atoms with Crippen LogP contribution in [0.15, 0.2) is 0 Å². The first-order valence-electron chi connectivity index (χ1n) is 7.70. The highest BCUT2D eigenvalue weighted by Crippen LogP contribution is 2.43. The molecule has 1 saturated carbocycles. The van der Waals surface area contributed by atoms with Gasteiger partial charge in [-0.05, 0) is 37.0 Å². The third-order valence-corrected chi connectivity index (χ3v) is 6.04. The van der Waals surface area contributed by atoms with Gasteiger partial charge in [0.1, 0.15) is 0 Å². The molecule has 0 amide bonds. The minimum absolute atomic E-state index is 0.0780. The highest BCUT2D eigenvalue weighted by molar-refractivity contribution is 7.91. The first-order valence-corrected chi connectivity index (χ1v) is 9.52. The summed E-state index contributed by atoms with van der Waals surface area (Å²) in [6, 6.07) is 0. The summed E-state index contributed by atoms with van der Waals surface area (Å²) < 4.78 is 23.5. The van der Waals surface area contributed by atoms with Gasteiger partial charge in [-0.1, -0.05) is 27.7 Å². The van der Waals surface area contributed by atoms with E-state index in [4.69, 9.17) is 0 Å². The molecule has 5 heteroatoms. The number of aliphatic hydroxyl groups is 1. The Bertz CT molecular complexity index is 405. The van der Waals surface area contributed by atoms with Crippen LogP contribution in [-0.4, -0.2) is 43.7 Å². The molecule has 0 heterocycles. The van der Waals surface area contributed by atoms with E-state index in [1.165, 1.54) is 0 Å². The molecule has 2 atom stereocenters. The summed E-state index contributed by atoms with van der Waals surface area (Å²) in [5.41, 5.74) is -0.126. The van der Waals surface area contributed by atoms with Crippen molar-refractivity contribution in [3.05, 3.63) is 0 Å². The van der Waals surface area contributed by atoms with Gasteiger partial charge in [0.2, 0.25) is 0 Å². The van der Waals surface area contributed by atoms with Gasteiger partial charge in [-0.25, -0.2) is 8.42 Å². The van der Waals surface area contributed by atoms with E-state index in [0.717, 1.165) is 19.3 Å². The van der Waals surface area contributed by atoms with Crippen LogP contribution in [0.3, 0.4) is 0 Å². The summed E-state index contributed by atoms with van der Waals surface area (Å²) in [6.45, 7) is 9.05. The van der Waals surface area contributed by atoms with Crippen molar-refractivity contribution in [1.82, 2.24) is 5.32 Å². The van der Waals surface area contributed by atoms with Crippen LogP contribution in [0, 0.1) is 11.3 Å². The van der Waals surface area contributed by atoms with Crippen molar-refractivity contribution in [3.63, 3.8) is 0 Å². The molecule has 1 rings (SSSR count). The number of hydrogen-bond donors (Lipinski definition) is 2.